The molecule has 0 saturated heterocycles. The molecule has 16 heavy (non-hydrogen) atoms. The third-order valence-electron chi connectivity index (χ3n) is 3.05. The molecule has 1 unspecified atom stereocenters. The van der Waals surface area contributed by atoms with Crippen molar-refractivity contribution in [1.29, 1.82) is 0 Å². The van der Waals surface area contributed by atoms with Crippen molar-refractivity contribution in [2.45, 2.75) is 54.1 Å². The average Bonchev–Trinajstić information content (AvgIpc) is 2.08. The van der Waals surface area contributed by atoms with E-state index in [1.54, 1.807) is 0 Å². The van der Waals surface area contributed by atoms with E-state index < -0.39 is 0 Å². The highest BCUT2D eigenvalue weighted by Gasteiger charge is 2.19. The molecule has 1 aromatic carbocycles. The van der Waals surface area contributed by atoms with Crippen LogP contribution in [0.3, 0.4) is 0 Å². The standard InChI is InChI=1S/C15H24O/c1-10-7-12(3)13(8-11(10)2)14(16)9-15(4,5)6/h7-8,14,16H,9H2,1-6H3. The topological polar surface area (TPSA) is 20.2 Å². The van der Waals surface area contributed by atoms with E-state index in [2.05, 4.69) is 53.7 Å². The summed E-state index contributed by atoms with van der Waals surface area (Å²) in [5, 5.41) is 10.3. The van der Waals surface area contributed by atoms with E-state index in [1.807, 2.05) is 0 Å². The predicted molar refractivity (Wildman–Crippen MR) is 69.7 cm³/mol. The van der Waals surface area contributed by atoms with Crippen LogP contribution in [0.2, 0.25) is 0 Å². The van der Waals surface area contributed by atoms with Gasteiger partial charge >= 0.3 is 0 Å². The van der Waals surface area contributed by atoms with Crippen molar-refractivity contribution < 1.29 is 5.11 Å². The zero-order chi connectivity index (χ0) is 12.5. The molecular weight excluding hydrogens is 196 g/mol. The zero-order valence-electron chi connectivity index (χ0n) is 11.4. The molecule has 0 aliphatic carbocycles. The van der Waals surface area contributed by atoms with E-state index in [0.717, 1.165) is 12.0 Å². The summed E-state index contributed by atoms with van der Waals surface area (Å²) in [5.74, 6) is 0. The van der Waals surface area contributed by atoms with Gasteiger partial charge in [-0.1, -0.05) is 32.9 Å². The van der Waals surface area contributed by atoms with E-state index in [-0.39, 0.29) is 11.5 Å². The third-order valence-corrected chi connectivity index (χ3v) is 3.05. The molecular formula is C15H24O. The Labute approximate surface area is 99.5 Å². The highest BCUT2D eigenvalue weighted by atomic mass is 16.3. The number of hydrogen-bond acceptors (Lipinski definition) is 1. The third kappa shape index (κ3) is 3.34. The van der Waals surface area contributed by atoms with Gasteiger partial charge in [0.2, 0.25) is 0 Å². The van der Waals surface area contributed by atoms with Crippen LogP contribution in [0.1, 0.15) is 55.5 Å². The summed E-state index contributed by atoms with van der Waals surface area (Å²) in [6.07, 6.45) is 0.454. The van der Waals surface area contributed by atoms with Crippen molar-refractivity contribution in [2.24, 2.45) is 5.41 Å². The Bertz CT molecular complexity index is 372. The van der Waals surface area contributed by atoms with Crippen molar-refractivity contribution >= 4 is 0 Å². The minimum atomic E-state index is -0.348. The van der Waals surface area contributed by atoms with E-state index in [1.165, 1.54) is 16.7 Å². The van der Waals surface area contributed by atoms with Crippen molar-refractivity contribution in [3.05, 3.63) is 34.4 Å². The Hall–Kier alpha value is -0.820. The van der Waals surface area contributed by atoms with Crippen LogP contribution in [0, 0.1) is 26.2 Å². The molecule has 0 spiro atoms. The van der Waals surface area contributed by atoms with Crippen LogP contribution < -0.4 is 0 Å². The van der Waals surface area contributed by atoms with Crippen LogP contribution >= 0.6 is 0 Å². The molecule has 1 atom stereocenters. The van der Waals surface area contributed by atoms with Gasteiger partial charge in [-0.05, 0) is 54.9 Å². The summed E-state index contributed by atoms with van der Waals surface area (Å²) < 4.78 is 0. The Kier molecular flexibility index (Phi) is 3.80. The Morgan fingerprint density at radius 3 is 2.00 bits per heavy atom. The molecule has 0 heterocycles. The summed E-state index contributed by atoms with van der Waals surface area (Å²) in [5.41, 5.74) is 4.99. The molecule has 1 nitrogen and oxygen atoms in total. The quantitative estimate of drug-likeness (QED) is 0.796. The second kappa shape index (κ2) is 4.58. The zero-order valence-corrected chi connectivity index (χ0v) is 11.4. The van der Waals surface area contributed by atoms with E-state index in [9.17, 15) is 5.11 Å². The fourth-order valence-electron chi connectivity index (χ4n) is 2.03. The van der Waals surface area contributed by atoms with Crippen molar-refractivity contribution in [3.8, 4) is 0 Å². The van der Waals surface area contributed by atoms with Gasteiger partial charge in [-0.25, -0.2) is 0 Å². The highest BCUT2D eigenvalue weighted by molar-refractivity contribution is 5.37. The molecule has 1 heteroatoms. The van der Waals surface area contributed by atoms with Gasteiger partial charge in [-0.15, -0.1) is 0 Å². The molecule has 0 aromatic heterocycles. The van der Waals surface area contributed by atoms with Crippen LogP contribution in [-0.2, 0) is 0 Å². The molecule has 0 aliphatic heterocycles. The summed E-state index contributed by atoms with van der Waals surface area (Å²) in [6, 6.07) is 4.29. The number of aliphatic hydroxyl groups is 1. The van der Waals surface area contributed by atoms with E-state index in [0.29, 0.717) is 0 Å². The fourth-order valence-corrected chi connectivity index (χ4v) is 2.03. The molecule has 0 saturated carbocycles. The molecule has 0 radical (unpaired) electrons. The lowest BCUT2D eigenvalue weighted by Gasteiger charge is -2.24. The maximum atomic E-state index is 10.3. The minimum absolute atomic E-state index is 0.157. The Morgan fingerprint density at radius 1 is 1.00 bits per heavy atom. The van der Waals surface area contributed by atoms with E-state index in [4.69, 9.17) is 0 Å². The monoisotopic (exact) mass is 220 g/mol. The normalized spacial score (nSPS) is 13.9. The lowest BCUT2D eigenvalue weighted by molar-refractivity contribution is 0.121. The average molecular weight is 220 g/mol. The lowest BCUT2D eigenvalue weighted by atomic mass is 9.85. The summed E-state index contributed by atoms with van der Waals surface area (Å²) in [6.45, 7) is 12.8. The molecule has 0 bridgehead atoms. The van der Waals surface area contributed by atoms with Crippen LogP contribution in [0.25, 0.3) is 0 Å². The molecule has 0 fully saturated rings. The minimum Gasteiger partial charge on any atom is -0.388 e. The van der Waals surface area contributed by atoms with Gasteiger partial charge in [0.1, 0.15) is 0 Å². The van der Waals surface area contributed by atoms with Crippen molar-refractivity contribution in [1.82, 2.24) is 0 Å². The van der Waals surface area contributed by atoms with E-state index >= 15 is 0 Å². The van der Waals surface area contributed by atoms with Gasteiger partial charge in [0.05, 0.1) is 6.10 Å². The first kappa shape index (κ1) is 13.2. The second-order valence-corrected chi connectivity index (χ2v) is 6.07. The number of benzene rings is 1. The molecule has 0 aliphatic rings. The molecule has 1 rings (SSSR count). The second-order valence-electron chi connectivity index (χ2n) is 6.07. The number of aryl methyl sites for hydroxylation is 3. The smallest absolute Gasteiger partial charge is 0.0797 e. The van der Waals surface area contributed by atoms with Gasteiger partial charge < -0.3 is 5.11 Å². The summed E-state index contributed by atoms with van der Waals surface area (Å²) >= 11 is 0. The number of aliphatic hydroxyl groups excluding tert-OH is 1. The van der Waals surface area contributed by atoms with Gasteiger partial charge in [0.15, 0.2) is 0 Å². The van der Waals surface area contributed by atoms with Gasteiger partial charge in [0.25, 0.3) is 0 Å². The molecule has 90 valence electrons. The van der Waals surface area contributed by atoms with Crippen molar-refractivity contribution in [2.75, 3.05) is 0 Å². The van der Waals surface area contributed by atoms with Crippen LogP contribution in [0.5, 0.6) is 0 Å². The van der Waals surface area contributed by atoms with Gasteiger partial charge in [0, 0.05) is 0 Å². The molecule has 0 amide bonds. The van der Waals surface area contributed by atoms with Crippen LogP contribution in [0.15, 0.2) is 12.1 Å². The Balaban J connectivity index is 3.00. The summed E-state index contributed by atoms with van der Waals surface area (Å²) in [4.78, 5) is 0. The first-order valence-corrected chi connectivity index (χ1v) is 5.96. The van der Waals surface area contributed by atoms with Gasteiger partial charge in [-0.2, -0.15) is 0 Å². The maximum absolute atomic E-state index is 10.3. The number of hydrogen-bond donors (Lipinski definition) is 1. The lowest BCUT2D eigenvalue weighted by Crippen LogP contribution is -2.12. The van der Waals surface area contributed by atoms with Crippen LogP contribution in [0.4, 0.5) is 0 Å². The van der Waals surface area contributed by atoms with Crippen molar-refractivity contribution in [3.63, 3.8) is 0 Å². The predicted octanol–water partition coefficient (Wildman–Crippen LogP) is 4.08. The number of rotatable bonds is 2. The largest absolute Gasteiger partial charge is 0.388 e. The summed E-state index contributed by atoms with van der Waals surface area (Å²) in [7, 11) is 0. The maximum Gasteiger partial charge on any atom is 0.0797 e. The SMILES string of the molecule is Cc1cc(C)c(C(O)CC(C)(C)C)cc1C. The fraction of sp³-hybridized carbons (Fsp3) is 0.600. The van der Waals surface area contributed by atoms with Crippen LogP contribution in [-0.4, -0.2) is 5.11 Å². The molecule has 1 N–H and O–H groups in total. The van der Waals surface area contributed by atoms with Gasteiger partial charge in [-0.3, -0.25) is 0 Å². The first-order chi connectivity index (χ1) is 7.20. The molecule has 1 aromatic rings. The highest BCUT2D eigenvalue weighted by Crippen LogP contribution is 2.31. The Morgan fingerprint density at radius 2 is 1.50 bits per heavy atom. The first-order valence-electron chi connectivity index (χ1n) is 5.96.